The molecule has 0 saturated heterocycles. The van der Waals surface area contributed by atoms with Gasteiger partial charge in [-0.15, -0.1) is 0 Å². The third-order valence-corrected chi connectivity index (χ3v) is 7.34. The minimum Gasteiger partial charge on any atom is -0.493 e. The van der Waals surface area contributed by atoms with Gasteiger partial charge in [-0.2, -0.15) is 4.31 Å². The van der Waals surface area contributed by atoms with Crippen molar-refractivity contribution in [3.63, 3.8) is 0 Å². The molecule has 2 atom stereocenters. The van der Waals surface area contributed by atoms with Gasteiger partial charge in [0.25, 0.3) is 0 Å². The molecule has 0 saturated carbocycles. The van der Waals surface area contributed by atoms with Gasteiger partial charge in [0.1, 0.15) is 12.1 Å². The molecule has 4 N–H and O–H groups in total. The van der Waals surface area contributed by atoms with Gasteiger partial charge < -0.3 is 25.6 Å². The Labute approximate surface area is 196 Å². The van der Waals surface area contributed by atoms with E-state index in [4.69, 9.17) is 15.2 Å². The summed E-state index contributed by atoms with van der Waals surface area (Å²) in [5.41, 5.74) is 6.55. The number of nitrogens with zero attached hydrogens (tertiary/aromatic N) is 1. The quantitative estimate of drug-likeness (QED) is 0.449. The van der Waals surface area contributed by atoms with Crippen LogP contribution in [0.1, 0.15) is 17.5 Å². The van der Waals surface area contributed by atoms with Crippen LogP contribution in [-0.4, -0.2) is 61.9 Å². The zero-order valence-electron chi connectivity index (χ0n) is 18.6. The van der Waals surface area contributed by atoms with E-state index < -0.39 is 46.3 Å². The highest BCUT2D eigenvalue weighted by molar-refractivity contribution is 7.89. The first-order valence-corrected chi connectivity index (χ1v) is 11.6. The maximum absolute atomic E-state index is 13.6. The number of carbonyl (C=O) groups excluding carboxylic acids is 2. The molecule has 0 aromatic heterocycles. The lowest BCUT2D eigenvalue weighted by Gasteiger charge is -2.35. The van der Waals surface area contributed by atoms with Crippen LogP contribution in [0.3, 0.4) is 0 Å². The fourth-order valence-corrected chi connectivity index (χ4v) is 5.34. The predicted octanol–water partition coefficient (Wildman–Crippen LogP) is 0.264. The highest BCUT2D eigenvalue weighted by atomic mass is 32.2. The van der Waals surface area contributed by atoms with E-state index in [1.54, 1.807) is 24.3 Å². The summed E-state index contributed by atoms with van der Waals surface area (Å²) < 4.78 is 38.7. The van der Waals surface area contributed by atoms with Crippen molar-refractivity contribution in [2.45, 2.75) is 36.4 Å². The van der Waals surface area contributed by atoms with Crippen LogP contribution in [0.4, 0.5) is 0 Å². The lowest BCUT2D eigenvalue weighted by atomic mass is 9.95. The van der Waals surface area contributed by atoms with E-state index in [1.165, 1.54) is 32.4 Å². The molecule has 1 aliphatic rings. The number of methoxy groups -OCH3 is 2. The van der Waals surface area contributed by atoms with Crippen molar-refractivity contribution in [2.24, 2.45) is 5.73 Å². The van der Waals surface area contributed by atoms with Crippen LogP contribution >= 0.6 is 0 Å². The van der Waals surface area contributed by atoms with Gasteiger partial charge in [-0.05, 0) is 29.7 Å². The zero-order chi connectivity index (χ0) is 25.0. The van der Waals surface area contributed by atoms with Crippen LogP contribution in [0, 0.1) is 0 Å². The molecule has 0 aliphatic carbocycles. The van der Waals surface area contributed by atoms with Crippen molar-refractivity contribution in [3.8, 4) is 11.5 Å². The number of ether oxygens (including phenoxy) is 2. The number of primary amides is 1. The van der Waals surface area contributed by atoms with Crippen LogP contribution in [0.5, 0.6) is 11.5 Å². The molecule has 1 aliphatic heterocycles. The second-order valence-corrected chi connectivity index (χ2v) is 9.52. The summed E-state index contributed by atoms with van der Waals surface area (Å²) in [6.07, 6.45) is -0.621. The maximum atomic E-state index is 13.6. The molecule has 2 unspecified atom stereocenters. The molecule has 0 radical (unpaired) electrons. The topological polar surface area (TPSA) is 165 Å². The molecule has 0 bridgehead atoms. The zero-order valence-corrected chi connectivity index (χ0v) is 19.4. The van der Waals surface area contributed by atoms with Gasteiger partial charge in [0, 0.05) is 12.6 Å². The Kier molecular flexibility index (Phi) is 7.42. The number of aliphatic carboxylic acids is 1. The highest BCUT2D eigenvalue weighted by Gasteiger charge is 2.41. The molecule has 182 valence electrons. The van der Waals surface area contributed by atoms with Gasteiger partial charge in [-0.3, -0.25) is 9.59 Å². The number of nitrogens with one attached hydrogen (secondary N) is 1. The molecule has 1 heterocycles. The van der Waals surface area contributed by atoms with E-state index >= 15 is 0 Å². The minimum atomic E-state index is -4.24. The molecular formula is C22H25N3O8S. The molecule has 11 nitrogen and oxygen atoms in total. The molecule has 0 spiro atoms. The van der Waals surface area contributed by atoms with Crippen molar-refractivity contribution < 1.29 is 37.4 Å². The lowest BCUT2D eigenvalue weighted by molar-refractivity contribution is -0.144. The van der Waals surface area contributed by atoms with Crippen LogP contribution in [0.25, 0.3) is 0 Å². The number of carboxylic acids is 1. The van der Waals surface area contributed by atoms with Gasteiger partial charge in [-0.1, -0.05) is 24.3 Å². The van der Waals surface area contributed by atoms with Crippen molar-refractivity contribution in [3.05, 3.63) is 53.6 Å². The Morgan fingerprint density at radius 2 is 1.76 bits per heavy atom. The molecular weight excluding hydrogens is 466 g/mol. The molecule has 2 aromatic carbocycles. The van der Waals surface area contributed by atoms with E-state index in [0.717, 1.165) is 9.87 Å². The third-order valence-electron chi connectivity index (χ3n) is 5.49. The van der Waals surface area contributed by atoms with Gasteiger partial charge in [-0.25, -0.2) is 13.2 Å². The summed E-state index contributed by atoms with van der Waals surface area (Å²) in [6.45, 7) is -0.113. The Morgan fingerprint density at radius 1 is 1.12 bits per heavy atom. The van der Waals surface area contributed by atoms with Gasteiger partial charge in [0.2, 0.25) is 21.8 Å². The number of rotatable bonds is 9. The second kappa shape index (κ2) is 10.1. The maximum Gasteiger partial charge on any atom is 0.326 e. The smallest absolute Gasteiger partial charge is 0.326 e. The minimum absolute atomic E-state index is 0.0113. The average Bonchev–Trinajstić information content (AvgIpc) is 2.81. The standard InChI is InChI=1S/C22H25N3O8S/c1-32-18-8-7-15(10-19(18)33-2)34(30,31)25-12-14-6-4-3-5-13(14)9-17(25)21(27)24-16(22(28)29)11-20(23)26/h3-8,10,16-17H,9,11-12H2,1-2H3,(H2,23,26)(H,24,27)(H,28,29). The Bertz CT molecular complexity index is 1210. The van der Waals surface area contributed by atoms with E-state index in [0.29, 0.717) is 11.3 Å². The first-order chi connectivity index (χ1) is 16.1. The number of carboxylic acid groups (broad SMARTS) is 1. The van der Waals surface area contributed by atoms with Gasteiger partial charge in [0.05, 0.1) is 25.5 Å². The van der Waals surface area contributed by atoms with E-state index in [1.807, 2.05) is 0 Å². The molecule has 2 aromatic rings. The number of hydrogen-bond acceptors (Lipinski definition) is 7. The summed E-state index contributed by atoms with van der Waals surface area (Å²) in [5, 5.41) is 11.6. The Morgan fingerprint density at radius 3 is 2.35 bits per heavy atom. The summed E-state index contributed by atoms with van der Waals surface area (Å²) in [6, 6.07) is 8.26. The van der Waals surface area contributed by atoms with E-state index in [9.17, 15) is 27.9 Å². The number of fused-ring (bicyclic) bond motifs is 1. The number of sulfonamides is 1. The molecule has 0 fully saturated rings. The first kappa shape index (κ1) is 25.0. The molecule has 2 amide bonds. The van der Waals surface area contributed by atoms with Crippen molar-refractivity contribution in [1.82, 2.24) is 9.62 Å². The number of benzene rings is 2. The second-order valence-electron chi connectivity index (χ2n) is 7.63. The van der Waals surface area contributed by atoms with E-state index in [2.05, 4.69) is 5.32 Å². The summed E-state index contributed by atoms with van der Waals surface area (Å²) in [7, 11) is -1.45. The lowest BCUT2D eigenvalue weighted by Crippen LogP contribution is -2.55. The van der Waals surface area contributed by atoms with Crippen molar-refractivity contribution in [2.75, 3.05) is 14.2 Å². The molecule has 12 heteroatoms. The van der Waals surface area contributed by atoms with Gasteiger partial charge >= 0.3 is 5.97 Å². The monoisotopic (exact) mass is 491 g/mol. The number of amides is 2. The number of nitrogens with two attached hydrogens (primary N) is 1. The highest BCUT2D eigenvalue weighted by Crippen LogP contribution is 2.34. The van der Waals surface area contributed by atoms with Crippen LogP contribution in [0.2, 0.25) is 0 Å². The van der Waals surface area contributed by atoms with Crippen LogP contribution < -0.4 is 20.5 Å². The molecule has 3 rings (SSSR count). The summed E-state index contributed by atoms with van der Waals surface area (Å²) in [4.78, 5) is 35.7. The average molecular weight is 492 g/mol. The van der Waals surface area contributed by atoms with Crippen molar-refractivity contribution >= 4 is 27.8 Å². The van der Waals surface area contributed by atoms with Crippen molar-refractivity contribution in [1.29, 1.82) is 0 Å². The molecule has 34 heavy (non-hydrogen) atoms. The predicted molar refractivity (Wildman–Crippen MR) is 120 cm³/mol. The fourth-order valence-electron chi connectivity index (χ4n) is 3.76. The Balaban J connectivity index is 2.02. The number of carbonyl (C=O) groups is 3. The van der Waals surface area contributed by atoms with E-state index in [-0.39, 0.29) is 23.6 Å². The SMILES string of the molecule is COc1ccc(S(=O)(=O)N2Cc3ccccc3CC2C(=O)NC(CC(N)=O)C(=O)O)cc1OC. The largest absolute Gasteiger partial charge is 0.493 e. The Hall–Kier alpha value is -3.64. The summed E-state index contributed by atoms with van der Waals surface area (Å²) in [5.74, 6) is -2.72. The summed E-state index contributed by atoms with van der Waals surface area (Å²) >= 11 is 0. The van der Waals surface area contributed by atoms with Crippen LogP contribution in [-0.2, 0) is 37.4 Å². The number of hydrogen-bond donors (Lipinski definition) is 3. The van der Waals surface area contributed by atoms with Gasteiger partial charge in [0.15, 0.2) is 11.5 Å². The van der Waals surface area contributed by atoms with Crippen LogP contribution in [0.15, 0.2) is 47.4 Å². The first-order valence-electron chi connectivity index (χ1n) is 10.2. The fraction of sp³-hybridized carbons (Fsp3) is 0.318. The normalized spacial score (nSPS) is 16.7. The third kappa shape index (κ3) is 5.13.